The lowest BCUT2D eigenvalue weighted by molar-refractivity contribution is 0.443. The third-order valence-corrected chi connectivity index (χ3v) is 3.04. The Morgan fingerprint density at radius 1 is 1.12 bits per heavy atom. The van der Waals surface area contributed by atoms with Crippen molar-refractivity contribution in [2.24, 2.45) is 0 Å². The average molecular weight is 230 g/mol. The molecular weight excluding hydrogens is 212 g/mol. The van der Waals surface area contributed by atoms with Gasteiger partial charge in [0.25, 0.3) is 0 Å². The van der Waals surface area contributed by atoms with Gasteiger partial charge in [-0.15, -0.1) is 5.10 Å². The molecule has 1 heterocycles. The van der Waals surface area contributed by atoms with Crippen molar-refractivity contribution < 1.29 is 5.11 Å². The van der Waals surface area contributed by atoms with Crippen molar-refractivity contribution in [2.45, 2.75) is 33.6 Å². The predicted octanol–water partition coefficient (Wildman–Crippen LogP) is 3.01. The fourth-order valence-electron chi connectivity index (χ4n) is 2.10. The van der Waals surface area contributed by atoms with Gasteiger partial charge in [0, 0.05) is 5.56 Å². The molecule has 0 radical (unpaired) electrons. The van der Waals surface area contributed by atoms with Crippen molar-refractivity contribution in [1.29, 1.82) is 0 Å². The third kappa shape index (κ3) is 2.05. The summed E-state index contributed by atoms with van der Waals surface area (Å²) in [4.78, 5) is 0. The van der Waals surface area contributed by atoms with Crippen LogP contribution in [-0.2, 0) is 12.8 Å². The molecule has 0 aliphatic heterocycles. The Balaban J connectivity index is 2.55. The van der Waals surface area contributed by atoms with E-state index in [1.165, 1.54) is 5.56 Å². The first-order valence-corrected chi connectivity index (χ1v) is 6.04. The minimum absolute atomic E-state index is 0.157. The van der Waals surface area contributed by atoms with Crippen LogP contribution in [0, 0.1) is 6.92 Å². The minimum Gasteiger partial charge on any atom is -0.492 e. The van der Waals surface area contributed by atoms with E-state index in [0.717, 1.165) is 29.8 Å². The number of aryl methyl sites for hydroxylation is 1. The number of hydrogen-bond acceptors (Lipinski definition) is 2. The van der Waals surface area contributed by atoms with Crippen LogP contribution in [-0.4, -0.2) is 14.9 Å². The van der Waals surface area contributed by atoms with Crippen LogP contribution in [0.3, 0.4) is 0 Å². The Bertz CT molecular complexity index is 512. The summed E-state index contributed by atoms with van der Waals surface area (Å²) in [5, 5.41) is 14.1. The zero-order valence-electron chi connectivity index (χ0n) is 10.6. The van der Waals surface area contributed by atoms with E-state index in [1.807, 2.05) is 23.7 Å². The van der Waals surface area contributed by atoms with E-state index < -0.39 is 0 Å². The molecule has 0 atom stereocenters. The Labute approximate surface area is 102 Å². The molecule has 0 amide bonds. The molecule has 3 nitrogen and oxygen atoms in total. The lowest BCUT2D eigenvalue weighted by Crippen LogP contribution is -2.02. The van der Waals surface area contributed by atoms with Gasteiger partial charge in [-0.3, -0.25) is 0 Å². The van der Waals surface area contributed by atoms with Crippen LogP contribution >= 0.6 is 0 Å². The highest BCUT2D eigenvalue weighted by Crippen LogP contribution is 2.24. The molecule has 1 N–H and O–H groups in total. The average Bonchev–Trinajstić information content (AvgIpc) is 2.66. The molecule has 3 heteroatoms. The molecule has 2 aromatic rings. The molecule has 0 aliphatic carbocycles. The molecular formula is C14H18N2O. The van der Waals surface area contributed by atoms with Crippen LogP contribution < -0.4 is 0 Å². The van der Waals surface area contributed by atoms with Crippen molar-refractivity contribution >= 4 is 0 Å². The molecule has 0 fully saturated rings. The summed E-state index contributed by atoms with van der Waals surface area (Å²) >= 11 is 0. The summed E-state index contributed by atoms with van der Waals surface area (Å²) in [5.41, 5.74) is 4.27. The largest absolute Gasteiger partial charge is 0.492 e. The van der Waals surface area contributed by atoms with Crippen LogP contribution in [0.25, 0.3) is 5.69 Å². The van der Waals surface area contributed by atoms with Gasteiger partial charge in [-0.2, -0.15) is 0 Å². The molecule has 0 unspecified atom stereocenters. The van der Waals surface area contributed by atoms with Crippen LogP contribution in [0.5, 0.6) is 5.88 Å². The van der Waals surface area contributed by atoms with Gasteiger partial charge in [-0.1, -0.05) is 31.5 Å². The highest BCUT2D eigenvalue weighted by atomic mass is 16.3. The van der Waals surface area contributed by atoms with Crippen LogP contribution in [0.4, 0.5) is 0 Å². The fourth-order valence-corrected chi connectivity index (χ4v) is 2.10. The van der Waals surface area contributed by atoms with Gasteiger partial charge in [-0.05, 0) is 31.9 Å². The third-order valence-electron chi connectivity index (χ3n) is 3.04. The van der Waals surface area contributed by atoms with Gasteiger partial charge in [0.1, 0.15) is 0 Å². The molecule has 0 aliphatic rings. The van der Waals surface area contributed by atoms with Crippen molar-refractivity contribution in [3.05, 3.63) is 41.1 Å². The number of rotatable bonds is 3. The van der Waals surface area contributed by atoms with Crippen LogP contribution in [0.1, 0.15) is 30.7 Å². The number of nitrogens with zero attached hydrogens (tertiary/aromatic N) is 2. The van der Waals surface area contributed by atoms with Gasteiger partial charge >= 0.3 is 0 Å². The standard InChI is InChI=1S/C14H18N2O/c1-4-12-13(5-2)16(15-14(12)17)11-8-6-10(3)7-9-11/h6-9H,4-5H2,1-3H3,(H,15,17). The van der Waals surface area contributed by atoms with E-state index in [0.29, 0.717) is 0 Å². The fraction of sp³-hybridized carbons (Fsp3) is 0.357. The Morgan fingerprint density at radius 3 is 2.29 bits per heavy atom. The number of benzene rings is 1. The predicted molar refractivity (Wildman–Crippen MR) is 68.7 cm³/mol. The summed E-state index contributed by atoms with van der Waals surface area (Å²) in [6.45, 7) is 6.18. The minimum atomic E-state index is 0.157. The molecule has 1 aromatic carbocycles. The van der Waals surface area contributed by atoms with Gasteiger partial charge in [0.05, 0.1) is 11.4 Å². The zero-order chi connectivity index (χ0) is 12.4. The lowest BCUT2D eigenvalue weighted by atomic mass is 10.1. The lowest BCUT2D eigenvalue weighted by Gasteiger charge is -2.06. The van der Waals surface area contributed by atoms with Gasteiger partial charge < -0.3 is 5.11 Å². The Hall–Kier alpha value is -1.77. The maximum absolute atomic E-state index is 9.83. The summed E-state index contributed by atoms with van der Waals surface area (Å²) in [5.74, 6) is 0.157. The molecule has 2 rings (SSSR count). The maximum atomic E-state index is 9.83. The smallest absolute Gasteiger partial charge is 0.234 e. The monoisotopic (exact) mass is 230 g/mol. The van der Waals surface area contributed by atoms with E-state index in [2.05, 4.69) is 31.1 Å². The SMILES string of the molecule is CCc1c(O)nn(-c2ccc(C)cc2)c1CC. The first-order valence-electron chi connectivity index (χ1n) is 6.04. The number of hydrogen-bond donors (Lipinski definition) is 1. The molecule has 90 valence electrons. The van der Waals surface area contributed by atoms with E-state index in [9.17, 15) is 5.11 Å². The molecule has 17 heavy (non-hydrogen) atoms. The summed E-state index contributed by atoms with van der Waals surface area (Å²) in [6.07, 6.45) is 1.67. The van der Waals surface area contributed by atoms with Crippen molar-refractivity contribution in [3.8, 4) is 11.6 Å². The van der Waals surface area contributed by atoms with Gasteiger partial charge in [0.15, 0.2) is 0 Å². The normalized spacial score (nSPS) is 10.8. The second-order valence-corrected chi connectivity index (χ2v) is 4.20. The number of aromatic hydroxyl groups is 1. The van der Waals surface area contributed by atoms with E-state index in [1.54, 1.807) is 0 Å². The summed E-state index contributed by atoms with van der Waals surface area (Å²) < 4.78 is 1.84. The molecule has 0 saturated carbocycles. The van der Waals surface area contributed by atoms with Gasteiger partial charge in [-0.25, -0.2) is 4.68 Å². The topological polar surface area (TPSA) is 38.1 Å². The van der Waals surface area contributed by atoms with Crippen molar-refractivity contribution in [2.75, 3.05) is 0 Å². The van der Waals surface area contributed by atoms with Crippen molar-refractivity contribution in [1.82, 2.24) is 9.78 Å². The maximum Gasteiger partial charge on any atom is 0.234 e. The second-order valence-electron chi connectivity index (χ2n) is 4.20. The van der Waals surface area contributed by atoms with Crippen molar-refractivity contribution in [3.63, 3.8) is 0 Å². The van der Waals surface area contributed by atoms with Crippen LogP contribution in [0.15, 0.2) is 24.3 Å². The summed E-state index contributed by atoms with van der Waals surface area (Å²) in [7, 11) is 0. The first kappa shape index (κ1) is 11.7. The summed E-state index contributed by atoms with van der Waals surface area (Å²) in [6, 6.07) is 8.17. The van der Waals surface area contributed by atoms with E-state index in [-0.39, 0.29) is 5.88 Å². The molecule has 0 spiro atoms. The van der Waals surface area contributed by atoms with Gasteiger partial charge in [0.2, 0.25) is 5.88 Å². The van der Waals surface area contributed by atoms with E-state index in [4.69, 9.17) is 0 Å². The van der Waals surface area contributed by atoms with E-state index >= 15 is 0 Å². The quantitative estimate of drug-likeness (QED) is 0.880. The van der Waals surface area contributed by atoms with Crippen LogP contribution in [0.2, 0.25) is 0 Å². The Morgan fingerprint density at radius 2 is 1.76 bits per heavy atom. The zero-order valence-corrected chi connectivity index (χ0v) is 10.6. The first-order chi connectivity index (χ1) is 8.17. The molecule has 0 bridgehead atoms. The molecule has 1 aromatic heterocycles. The molecule has 0 saturated heterocycles. The highest BCUT2D eigenvalue weighted by Gasteiger charge is 2.15. The second kappa shape index (κ2) is 4.62. The number of aromatic nitrogens is 2. The Kier molecular flexibility index (Phi) is 3.18. The highest BCUT2D eigenvalue weighted by molar-refractivity contribution is 5.40.